The van der Waals surface area contributed by atoms with Crippen LogP contribution < -0.4 is 0 Å². The van der Waals surface area contributed by atoms with E-state index in [1.54, 1.807) is 0 Å². The second-order valence-electron chi connectivity index (χ2n) is 0. The van der Waals surface area contributed by atoms with Crippen molar-refractivity contribution in [1.82, 2.24) is 0 Å². The predicted molar refractivity (Wildman–Crippen MR) is 39.8 cm³/mol. The Hall–Kier alpha value is 2.91. The zero-order chi connectivity index (χ0) is 0. The zero-order valence-electron chi connectivity index (χ0n) is 0. The molecule has 0 amide bonds. The molecule has 0 aromatic heterocycles. The van der Waals surface area contributed by atoms with E-state index in [4.69, 9.17) is 0 Å². The van der Waals surface area contributed by atoms with E-state index in [-0.39, 0.29) is 88.8 Å². The molecule has 4 heteroatoms. The fraction of sp³-hybridized carbons (Fsp3) is 0. The van der Waals surface area contributed by atoms with Gasteiger partial charge in [0.1, 0.15) is 0 Å². The number of hydrogen-bond acceptors (Lipinski definition) is 0. The van der Waals surface area contributed by atoms with Gasteiger partial charge >= 0.3 is 71.5 Å². The summed E-state index contributed by atoms with van der Waals surface area (Å²) in [6.45, 7) is 0. The summed E-state index contributed by atoms with van der Waals surface area (Å²) in [5, 5.41) is 0. The summed E-state index contributed by atoms with van der Waals surface area (Å²) in [4.78, 5) is 0. The van der Waals surface area contributed by atoms with E-state index < -0.39 is 0 Å². The second-order valence-corrected chi connectivity index (χ2v) is 0. The van der Waals surface area contributed by atoms with Crippen LogP contribution in [0.1, 0.15) is 0 Å². The summed E-state index contributed by atoms with van der Waals surface area (Å²) >= 11 is 0. The van der Waals surface area contributed by atoms with Gasteiger partial charge in [-0.2, -0.15) is 0 Å². The average molecular weight is 338 g/mol. The van der Waals surface area contributed by atoms with E-state index in [0.717, 1.165) is 0 Å². The molecule has 0 aromatic rings. The molecule has 24 valence electrons. The van der Waals surface area contributed by atoms with E-state index in [1.165, 1.54) is 0 Å². The standard InChI is InChI=1S/Al.Ga.2In.12H. The first-order chi connectivity index (χ1) is 0. The Bertz CT molecular complexity index is 6.00. The Balaban J connectivity index is 0. The molecule has 0 unspecified atom stereocenters. The quantitative estimate of drug-likeness (QED) is 0.389. The maximum absolute atomic E-state index is 0. The summed E-state index contributed by atoms with van der Waals surface area (Å²) in [5.74, 6) is 0. The molecule has 0 radical (unpaired) electrons. The summed E-state index contributed by atoms with van der Waals surface area (Å²) in [5.41, 5.74) is 0. The van der Waals surface area contributed by atoms with Crippen molar-refractivity contribution in [2.75, 3.05) is 0 Å². The second kappa shape index (κ2) is 16.8. The Kier molecular flexibility index (Phi) is 120. The Morgan fingerprint density at radius 2 is 0.750 bits per heavy atom. The van der Waals surface area contributed by atoms with Crippen molar-refractivity contribution in [3.63, 3.8) is 0 Å². The van der Waals surface area contributed by atoms with Gasteiger partial charge in [0.05, 0.1) is 0 Å². The third kappa shape index (κ3) is 8.86. The van der Waals surface area contributed by atoms with Crippen LogP contribution in [0.3, 0.4) is 0 Å². The van der Waals surface area contributed by atoms with Gasteiger partial charge in [-0.05, 0) is 0 Å². The zero-order valence-corrected chi connectivity index (χ0v) is 0. The molecule has 0 aliphatic carbocycles. The van der Waals surface area contributed by atoms with Crippen LogP contribution in [0.25, 0.3) is 0 Å². The summed E-state index contributed by atoms with van der Waals surface area (Å²) in [7, 11) is 0. The summed E-state index contributed by atoms with van der Waals surface area (Å²) in [6.07, 6.45) is 0. The fourth-order valence-corrected chi connectivity index (χ4v) is 0. The first-order valence-corrected chi connectivity index (χ1v) is 0. The Morgan fingerprint density at radius 1 is 0.750 bits per heavy atom. The molecule has 0 saturated carbocycles. The molecule has 4 heavy (non-hydrogen) atoms. The minimum absolute atomic E-state index is 0. The Labute approximate surface area is 87.2 Å². The monoisotopic (exact) mass is 338 g/mol. The van der Waals surface area contributed by atoms with Crippen LogP contribution in [-0.4, -0.2) is 88.8 Å². The van der Waals surface area contributed by atoms with Crippen molar-refractivity contribution >= 4 is 88.8 Å². The molecular formula is H12AlGaIn2. The topological polar surface area (TPSA) is 0 Å². The predicted octanol–water partition coefficient (Wildman–Crippen LogP) is -4.74. The van der Waals surface area contributed by atoms with Gasteiger partial charge in [-0.15, -0.1) is 0 Å². The summed E-state index contributed by atoms with van der Waals surface area (Å²) in [6, 6.07) is 0. The molecule has 0 aliphatic rings. The van der Waals surface area contributed by atoms with Crippen LogP contribution in [0.2, 0.25) is 0 Å². The van der Waals surface area contributed by atoms with Gasteiger partial charge in [0.15, 0.2) is 17.4 Å². The molecule has 0 bridgehead atoms. The average Bonchev–Trinajstić information content (AvgIpc) is 0. The third-order valence-corrected chi connectivity index (χ3v) is 0. The molecular weight excluding hydrogens is 326 g/mol. The Morgan fingerprint density at radius 3 is 0.750 bits per heavy atom. The molecule has 0 fully saturated rings. The normalized spacial score (nSPS) is 0. The van der Waals surface area contributed by atoms with Crippen molar-refractivity contribution in [1.29, 1.82) is 0 Å². The van der Waals surface area contributed by atoms with Crippen molar-refractivity contribution in [3.8, 4) is 0 Å². The van der Waals surface area contributed by atoms with Crippen molar-refractivity contribution in [3.05, 3.63) is 0 Å². The third-order valence-electron chi connectivity index (χ3n) is 0. The molecule has 0 aliphatic heterocycles. The van der Waals surface area contributed by atoms with E-state index in [0.29, 0.717) is 0 Å². The SMILES string of the molecule is [AlH3].[GaH3].[InH3].[InH3]. The first-order valence-electron chi connectivity index (χ1n) is 0. The fourth-order valence-electron chi connectivity index (χ4n) is 0. The van der Waals surface area contributed by atoms with E-state index in [9.17, 15) is 0 Å². The molecule has 0 spiro atoms. The maximum atomic E-state index is 0. The van der Waals surface area contributed by atoms with Crippen LogP contribution in [0.4, 0.5) is 0 Å². The number of rotatable bonds is 0. The van der Waals surface area contributed by atoms with Crippen LogP contribution >= 0.6 is 0 Å². The summed E-state index contributed by atoms with van der Waals surface area (Å²) < 4.78 is 0. The van der Waals surface area contributed by atoms with Crippen molar-refractivity contribution in [2.24, 2.45) is 0 Å². The van der Waals surface area contributed by atoms with Crippen LogP contribution in [-0.2, 0) is 0 Å². The van der Waals surface area contributed by atoms with Crippen LogP contribution in [0.15, 0.2) is 0 Å². The van der Waals surface area contributed by atoms with Gasteiger partial charge in [0.2, 0.25) is 0 Å². The number of hydrogen-bond donors (Lipinski definition) is 0. The molecule has 0 aromatic carbocycles. The minimum atomic E-state index is 0. The first kappa shape index (κ1) is 28.5. The van der Waals surface area contributed by atoms with Gasteiger partial charge in [-0.1, -0.05) is 0 Å². The van der Waals surface area contributed by atoms with E-state index >= 15 is 0 Å². The van der Waals surface area contributed by atoms with Crippen molar-refractivity contribution < 1.29 is 0 Å². The van der Waals surface area contributed by atoms with Gasteiger partial charge in [0, 0.05) is 0 Å². The molecule has 0 N–H and O–H groups in total. The van der Waals surface area contributed by atoms with E-state index in [1.807, 2.05) is 0 Å². The van der Waals surface area contributed by atoms with Crippen LogP contribution in [0.5, 0.6) is 0 Å². The van der Waals surface area contributed by atoms with E-state index in [2.05, 4.69) is 0 Å². The molecule has 0 rings (SSSR count). The molecule has 0 atom stereocenters. The van der Waals surface area contributed by atoms with Crippen molar-refractivity contribution in [2.45, 2.75) is 0 Å². The molecule has 0 saturated heterocycles. The molecule has 0 nitrogen and oxygen atoms in total. The molecule has 0 heterocycles. The van der Waals surface area contributed by atoms with Gasteiger partial charge < -0.3 is 0 Å². The van der Waals surface area contributed by atoms with Gasteiger partial charge in [-0.25, -0.2) is 0 Å². The van der Waals surface area contributed by atoms with Gasteiger partial charge in [0.25, 0.3) is 0 Å². The van der Waals surface area contributed by atoms with Gasteiger partial charge in [-0.3, -0.25) is 0 Å². The van der Waals surface area contributed by atoms with Crippen LogP contribution in [0, 0.1) is 0 Å².